The molecular weight excluding hydrogens is 336 g/mol. The van der Waals surface area contributed by atoms with E-state index in [1.807, 2.05) is 0 Å². The van der Waals surface area contributed by atoms with Gasteiger partial charge < -0.3 is 16.7 Å². The van der Waals surface area contributed by atoms with Crippen molar-refractivity contribution in [3.05, 3.63) is 6.92 Å². The van der Waals surface area contributed by atoms with Crippen molar-refractivity contribution in [1.82, 2.24) is 9.80 Å². The monoisotopic (exact) mass is 363 g/mol. The summed E-state index contributed by atoms with van der Waals surface area (Å²) < 4.78 is 0. The molecule has 0 aromatic heterocycles. The molecule has 3 fully saturated rings. The van der Waals surface area contributed by atoms with Gasteiger partial charge in [0.25, 0.3) is 0 Å². The summed E-state index contributed by atoms with van der Waals surface area (Å²) in [4.78, 5) is 5.34. The standard InChI is InChI=1S/C15H27N2.K.Y/c1-11(2)17-6-4-13(5-7-17)8-16-9-14-12(3)15(14)10-16;;/h11-15H,3-10H2,1-2H3;;/q-1;;. The van der Waals surface area contributed by atoms with Gasteiger partial charge in [-0.2, -0.15) is 5.92 Å². The molecule has 0 aromatic rings. The second-order valence-electron chi connectivity index (χ2n) is 6.78. The second-order valence-corrected chi connectivity index (χ2v) is 6.78. The van der Waals surface area contributed by atoms with Gasteiger partial charge in [-0.15, -0.1) is 0 Å². The van der Waals surface area contributed by atoms with Gasteiger partial charge in [0, 0.05) is 96.7 Å². The Kier molecular flexibility index (Phi) is 8.81. The van der Waals surface area contributed by atoms with Crippen molar-refractivity contribution in [2.45, 2.75) is 32.7 Å². The number of likely N-dealkylation sites (tertiary alicyclic amines) is 2. The second kappa shape index (κ2) is 8.49. The number of hydrogen-bond donors (Lipinski definition) is 0. The molecule has 0 bridgehead atoms. The van der Waals surface area contributed by atoms with Crippen LogP contribution in [0.1, 0.15) is 26.7 Å². The minimum atomic E-state index is 0. The molecule has 102 valence electrons. The zero-order chi connectivity index (χ0) is 12.0. The van der Waals surface area contributed by atoms with Crippen LogP contribution in [0, 0.1) is 30.6 Å². The van der Waals surface area contributed by atoms with E-state index in [0.29, 0.717) is 0 Å². The smallest absolute Gasteiger partial charge is 0.00385 e. The number of piperidine rings is 2. The minimum absolute atomic E-state index is 0. The van der Waals surface area contributed by atoms with Crippen molar-refractivity contribution in [1.29, 1.82) is 0 Å². The van der Waals surface area contributed by atoms with E-state index >= 15 is 0 Å². The van der Waals surface area contributed by atoms with Crippen LogP contribution in [0.2, 0.25) is 0 Å². The quantitative estimate of drug-likeness (QED) is 0.557. The molecule has 2 radical (unpaired) electrons. The molecule has 4 heteroatoms. The fourth-order valence-electron chi connectivity index (χ4n) is 3.90. The molecule has 0 N–H and O–H groups in total. The van der Waals surface area contributed by atoms with Crippen molar-refractivity contribution in [2.75, 3.05) is 32.7 Å². The van der Waals surface area contributed by atoms with Gasteiger partial charge in [-0.05, 0) is 58.8 Å². The van der Waals surface area contributed by atoms with Crippen LogP contribution in [0.4, 0.5) is 0 Å². The third-order valence-electron chi connectivity index (χ3n) is 5.34. The topological polar surface area (TPSA) is 6.48 Å². The fraction of sp³-hybridized carbons (Fsp3) is 0.933. The molecule has 1 aliphatic carbocycles. The molecule has 2 atom stereocenters. The molecule has 2 nitrogen and oxygen atoms in total. The molecule has 3 rings (SSSR count). The molecular formula is C15H27KN2Y-. The number of hydrogen-bond acceptors (Lipinski definition) is 2. The predicted molar refractivity (Wildman–Crippen MR) is 77.5 cm³/mol. The average Bonchev–Trinajstić information content (AvgIpc) is 2.76. The maximum absolute atomic E-state index is 4.21. The SMILES string of the molecule is [CH2-]C1C2CN(CC3CCN(C(C)C)CC3)CC12.[K].[Y]. The molecule has 2 saturated heterocycles. The zero-order valence-corrected chi connectivity index (χ0v) is 19.0. The Bertz CT molecular complexity index is 267. The molecule has 3 aliphatic rings. The van der Waals surface area contributed by atoms with Crippen LogP contribution in [0.15, 0.2) is 0 Å². The van der Waals surface area contributed by atoms with E-state index in [0.717, 1.165) is 29.7 Å². The van der Waals surface area contributed by atoms with Gasteiger partial charge in [0.15, 0.2) is 0 Å². The number of fused-ring (bicyclic) bond motifs is 1. The molecule has 0 aromatic carbocycles. The van der Waals surface area contributed by atoms with E-state index in [4.69, 9.17) is 0 Å². The van der Waals surface area contributed by atoms with Gasteiger partial charge in [-0.1, -0.05) is 11.8 Å². The fourth-order valence-corrected chi connectivity index (χ4v) is 3.90. The largest absolute Gasteiger partial charge is 0.340 e. The normalized spacial score (nSPS) is 35.7. The van der Waals surface area contributed by atoms with Crippen LogP contribution in [-0.2, 0) is 32.7 Å². The Morgan fingerprint density at radius 3 is 2.11 bits per heavy atom. The molecule has 1 saturated carbocycles. The van der Waals surface area contributed by atoms with E-state index in [-0.39, 0.29) is 84.1 Å². The van der Waals surface area contributed by atoms with Gasteiger partial charge in [0.2, 0.25) is 0 Å². The van der Waals surface area contributed by atoms with Crippen LogP contribution >= 0.6 is 0 Å². The van der Waals surface area contributed by atoms with Gasteiger partial charge in [0.1, 0.15) is 0 Å². The Morgan fingerprint density at radius 1 is 1.11 bits per heavy atom. The van der Waals surface area contributed by atoms with E-state index in [1.54, 1.807) is 0 Å². The van der Waals surface area contributed by atoms with Crippen molar-refractivity contribution >= 4 is 51.4 Å². The molecule has 0 amide bonds. The maximum atomic E-state index is 4.21. The average molecular weight is 363 g/mol. The van der Waals surface area contributed by atoms with Crippen molar-refractivity contribution in [2.24, 2.45) is 23.7 Å². The molecule has 2 heterocycles. The van der Waals surface area contributed by atoms with Crippen LogP contribution < -0.4 is 0 Å². The minimum Gasteiger partial charge on any atom is -0.340 e. The molecule has 2 aliphatic heterocycles. The summed E-state index contributed by atoms with van der Waals surface area (Å²) in [6.45, 7) is 15.6. The summed E-state index contributed by atoms with van der Waals surface area (Å²) in [6, 6.07) is 0.738. The Hall–Kier alpha value is 2.66. The number of rotatable bonds is 3. The summed E-state index contributed by atoms with van der Waals surface area (Å²) in [5, 5.41) is 0. The molecule has 2 unspecified atom stereocenters. The first kappa shape index (κ1) is 19.7. The van der Waals surface area contributed by atoms with E-state index in [2.05, 4.69) is 30.6 Å². The summed E-state index contributed by atoms with van der Waals surface area (Å²) in [7, 11) is 0. The van der Waals surface area contributed by atoms with E-state index in [1.165, 1.54) is 45.6 Å². The Balaban J connectivity index is 0.000000902. The van der Waals surface area contributed by atoms with Gasteiger partial charge in [-0.25, -0.2) is 0 Å². The van der Waals surface area contributed by atoms with Crippen LogP contribution in [0.25, 0.3) is 0 Å². The van der Waals surface area contributed by atoms with Crippen LogP contribution in [0.3, 0.4) is 0 Å². The van der Waals surface area contributed by atoms with Crippen LogP contribution in [0.5, 0.6) is 0 Å². The van der Waals surface area contributed by atoms with Crippen molar-refractivity contribution in [3.8, 4) is 0 Å². The summed E-state index contributed by atoms with van der Waals surface area (Å²) in [5.74, 6) is 3.69. The summed E-state index contributed by atoms with van der Waals surface area (Å²) in [6.07, 6.45) is 2.83. The van der Waals surface area contributed by atoms with Gasteiger partial charge >= 0.3 is 0 Å². The zero-order valence-electron chi connectivity index (χ0n) is 13.0. The van der Waals surface area contributed by atoms with Crippen molar-refractivity contribution < 1.29 is 32.7 Å². The van der Waals surface area contributed by atoms with E-state index in [9.17, 15) is 0 Å². The van der Waals surface area contributed by atoms with Gasteiger partial charge in [-0.3, -0.25) is 0 Å². The van der Waals surface area contributed by atoms with Crippen molar-refractivity contribution in [3.63, 3.8) is 0 Å². The predicted octanol–water partition coefficient (Wildman–Crippen LogP) is 1.74. The molecule has 19 heavy (non-hydrogen) atoms. The third kappa shape index (κ3) is 4.81. The Morgan fingerprint density at radius 2 is 1.63 bits per heavy atom. The first-order valence-corrected chi connectivity index (χ1v) is 7.44. The summed E-state index contributed by atoms with van der Waals surface area (Å²) >= 11 is 0. The Labute approximate surface area is 187 Å². The van der Waals surface area contributed by atoms with E-state index < -0.39 is 0 Å². The maximum Gasteiger partial charge on any atom is 0.00385 e. The van der Waals surface area contributed by atoms with Crippen LogP contribution in [-0.4, -0.2) is 99.9 Å². The first-order chi connectivity index (χ1) is 8.15. The number of nitrogens with zero attached hydrogens (tertiary/aromatic N) is 2. The summed E-state index contributed by atoms with van der Waals surface area (Å²) in [5.41, 5.74) is 0. The third-order valence-corrected chi connectivity index (χ3v) is 5.34. The first-order valence-electron chi connectivity index (χ1n) is 7.44. The van der Waals surface area contributed by atoms with Gasteiger partial charge in [0.05, 0.1) is 0 Å². The molecule has 0 spiro atoms.